The quantitative estimate of drug-likeness (QED) is 0.295. The summed E-state index contributed by atoms with van der Waals surface area (Å²) in [6, 6.07) is 10.3. The molecular formula is C19H28N4O4S. The normalized spacial score (nSPS) is 12.1. The third kappa shape index (κ3) is 8.12. The van der Waals surface area contributed by atoms with Gasteiger partial charge in [-0.3, -0.25) is 4.99 Å². The molecule has 1 heterocycles. The average Bonchev–Trinajstić information content (AvgIpc) is 3.17. The van der Waals surface area contributed by atoms with Gasteiger partial charge < -0.3 is 19.8 Å². The predicted octanol–water partition coefficient (Wildman–Crippen LogP) is 1.63. The molecule has 9 heteroatoms. The van der Waals surface area contributed by atoms with Crippen LogP contribution in [0.4, 0.5) is 0 Å². The van der Waals surface area contributed by atoms with Gasteiger partial charge in [0.2, 0.25) is 10.0 Å². The Bertz CT molecular complexity index is 818. The maximum Gasteiger partial charge on any atom is 0.238 e. The number of hydrogen-bond acceptors (Lipinski definition) is 5. The van der Waals surface area contributed by atoms with Gasteiger partial charge in [-0.2, -0.15) is 0 Å². The van der Waals surface area contributed by atoms with Gasteiger partial charge in [-0.1, -0.05) is 12.1 Å². The maximum absolute atomic E-state index is 11.3. The molecule has 0 fully saturated rings. The highest BCUT2D eigenvalue weighted by Gasteiger charge is 2.06. The van der Waals surface area contributed by atoms with Gasteiger partial charge in [0.1, 0.15) is 12.4 Å². The molecule has 1 aromatic heterocycles. The number of nitrogens with zero attached hydrogens (tertiary/aromatic N) is 1. The summed E-state index contributed by atoms with van der Waals surface area (Å²) in [7, 11) is -3.65. The number of nitrogens with two attached hydrogens (primary N) is 1. The highest BCUT2D eigenvalue weighted by Crippen LogP contribution is 2.08. The van der Waals surface area contributed by atoms with E-state index < -0.39 is 10.0 Å². The lowest BCUT2D eigenvalue weighted by molar-refractivity contribution is 0.105. The zero-order valence-electron chi connectivity index (χ0n) is 16.1. The molecule has 0 atom stereocenters. The van der Waals surface area contributed by atoms with Crippen molar-refractivity contribution in [2.45, 2.75) is 31.3 Å². The largest absolute Gasteiger partial charge is 0.467 e. The van der Waals surface area contributed by atoms with E-state index in [-0.39, 0.29) is 4.90 Å². The Morgan fingerprint density at radius 1 is 1.21 bits per heavy atom. The van der Waals surface area contributed by atoms with Crippen molar-refractivity contribution >= 4 is 16.0 Å². The molecule has 0 saturated carbocycles. The predicted molar refractivity (Wildman–Crippen MR) is 108 cm³/mol. The summed E-state index contributed by atoms with van der Waals surface area (Å²) in [6.07, 6.45) is 3.18. The van der Waals surface area contributed by atoms with E-state index in [1.165, 1.54) is 12.1 Å². The highest BCUT2D eigenvalue weighted by molar-refractivity contribution is 7.89. The van der Waals surface area contributed by atoms with Gasteiger partial charge in [-0.05, 0) is 49.6 Å². The molecule has 2 rings (SSSR count). The second-order valence-corrected chi connectivity index (χ2v) is 7.67. The van der Waals surface area contributed by atoms with E-state index in [9.17, 15) is 8.42 Å². The second-order valence-electron chi connectivity index (χ2n) is 6.11. The molecule has 0 aliphatic rings. The van der Waals surface area contributed by atoms with Crippen LogP contribution >= 0.6 is 0 Å². The van der Waals surface area contributed by atoms with E-state index in [0.717, 1.165) is 36.7 Å². The Balaban J connectivity index is 1.68. The molecule has 0 saturated heterocycles. The van der Waals surface area contributed by atoms with E-state index in [1.54, 1.807) is 18.4 Å². The number of sulfonamides is 1. The van der Waals surface area contributed by atoms with Crippen LogP contribution in [0.1, 0.15) is 24.7 Å². The van der Waals surface area contributed by atoms with Crippen LogP contribution in [-0.4, -0.2) is 40.6 Å². The zero-order valence-corrected chi connectivity index (χ0v) is 16.9. The molecule has 1 aromatic carbocycles. The van der Waals surface area contributed by atoms with E-state index in [2.05, 4.69) is 15.6 Å². The van der Waals surface area contributed by atoms with Crippen LogP contribution in [0.15, 0.2) is 57.0 Å². The summed E-state index contributed by atoms with van der Waals surface area (Å²) in [6.45, 7) is 5.19. The molecule has 0 spiro atoms. The zero-order chi connectivity index (χ0) is 20.2. The lowest BCUT2D eigenvalue weighted by Crippen LogP contribution is -2.38. The van der Waals surface area contributed by atoms with Crippen molar-refractivity contribution in [3.05, 3.63) is 54.0 Å². The lowest BCUT2D eigenvalue weighted by atomic mass is 10.1. The van der Waals surface area contributed by atoms with Crippen molar-refractivity contribution in [2.24, 2.45) is 10.1 Å². The minimum Gasteiger partial charge on any atom is -0.467 e. The third-order valence-electron chi connectivity index (χ3n) is 3.84. The summed E-state index contributed by atoms with van der Waals surface area (Å²) in [5.41, 5.74) is 1.02. The van der Waals surface area contributed by atoms with Crippen molar-refractivity contribution in [2.75, 3.05) is 26.2 Å². The van der Waals surface area contributed by atoms with Gasteiger partial charge >= 0.3 is 0 Å². The summed E-state index contributed by atoms with van der Waals surface area (Å²) >= 11 is 0. The van der Waals surface area contributed by atoms with Gasteiger partial charge in [0.15, 0.2) is 5.96 Å². The molecule has 0 aliphatic carbocycles. The molecule has 2 aromatic rings. The van der Waals surface area contributed by atoms with Crippen molar-refractivity contribution in [3.8, 4) is 0 Å². The Hall–Kier alpha value is -2.36. The summed E-state index contributed by atoms with van der Waals surface area (Å²) in [5.74, 6) is 1.56. The van der Waals surface area contributed by atoms with Crippen LogP contribution in [0.5, 0.6) is 0 Å². The number of hydrogen-bond donors (Lipinski definition) is 3. The Morgan fingerprint density at radius 2 is 2.00 bits per heavy atom. The third-order valence-corrected chi connectivity index (χ3v) is 4.77. The fraction of sp³-hybridized carbons (Fsp3) is 0.421. The molecule has 0 amide bonds. The summed E-state index contributed by atoms with van der Waals surface area (Å²) in [4.78, 5) is 4.64. The summed E-state index contributed by atoms with van der Waals surface area (Å²) < 4.78 is 33.3. The molecule has 4 N–H and O–H groups in total. The van der Waals surface area contributed by atoms with E-state index >= 15 is 0 Å². The first-order valence-electron chi connectivity index (χ1n) is 9.23. The van der Waals surface area contributed by atoms with Crippen molar-refractivity contribution in [1.29, 1.82) is 0 Å². The minimum atomic E-state index is -3.65. The Kier molecular flexibility index (Phi) is 8.99. The number of primary sulfonamides is 1. The molecule has 0 bridgehead atoms. The first kappa shape index (κ1) is 21.9. The van der Waals surface area contributed by atoms with Crippen molar-refractivity contribution in [1.82, 2.24) is 10.6 Å². The summed E-state index contributed by atoms with van der Waals surface area (Å²) in [5, 5.41) is 11.6. The van der Waals surface area contributed by atoms with Gasteiger partial charge in [-0.15, -0.1) is 0 Å². The minimum absolute atomic E-state index is 0.119. The van der Waals surface area contributed by atoms with Crippen LogP contribution in [0.3, 0.4) is 0 Å². The smallest absolute Gasteiger partial charge is 0.238 e. The number of guanidine groups is 1. The SMILES string of the molecule is CCNC(=NCCCOCc1ccco1)NCCc1ccc(S(N)(=O)=O)cc1. The Morgan fingerprint density at radius 3 is 2.64 bits per heavy atom. The highest BCUT2D eigenvalue weighted by atomic mass is 32.2. The van der Waals surface area contributed by atoms with Gasteiger partial charge in [0.25, 0.3) is 0 Å². The topological polar surface area (TPSA) is 119 Å². The second kappa shape index (κ2) is 11.5. The molecule has 0 radical (unpaired) electrons. The number of aliphatic imine (C=N–C) groups is 1. The molecule has 28 heavy (non-hydrogen) atoms. The molecule has 0 unspecified atom stereocenters. The fourth-order valence-corrected chi connectivity index (χ4v) is 2.95. The molecular weight excluding hydrogens is 380 g/mol. The van der Waals surface area contributed by atoms with Crippen LogP contribution < -0.4 is 15.8 Å². The lowest BCUT2D eigenvalue weighted by Gasteiger charge is -2.11. The number of nitrogens with one attached hydrogen (secondary N) is 2. The first-order valence-corrected chi connectivity index (χ1v) is 10.8. The number of rotatable bonds is 11. The van der Waals surface area contributed by atoms with Crippen LogP contribution in [0, 0.1) is 0 Å². The van der Waals surface area contributed by atoms with E-state index in [4.69, 9.17) is 14.3 Å². The molecule has 0 aliphatic heterocycles. The Labute approximate surface area is 166 Å². The van der Waals surface area contributed by atoms with Gasteiger partial charge in [-0.25, -0.2) is 13.6 Å². The van der Waals surface area contributed by atoms with Crippen molar-refractivity contribution < 1.29 is 17.6 Å². The standard InChI is InChI=1S/C19H28N4O4S/c1-2-21-19(22-11-4-13-26-15-17-5-3-14-27-17)23-12-10-16-6-8-18(9-7-16)28(20,24)25/h3,5-9,14H,2,4,10-13,15H2,1H3,(H2,20,24,25)(H2,21,22,23). The van der Waals surface area contributed by atoms with Crippen LogP contribution in [-0.2, 0) is 27.8 Å². The van der Waals surface area contributed by atoms with Crippen LogP contribution in [0.2, 0.25) is 0 Å². The number of furan rings is 1. The first-order chi connectivity index (χ1) is 13.5. The monoisotopic (exact) mass is 408 g/mol. The number of ether oxygens (including phenoxy) is 1. The van der Waals surface area contributed by atoms with Gasteiger partial charge in [0, 0.05) is 26.2 Å². The van der Waals surface area contributed by atoms with E-state index in [0.29, 0.717) is 26.3 Å². The number of benzene rings is 1. The van der Waals surface area contributed by atoms with Gasteiger partial charge in [0.05, 0.1) is 11.2 Å². The average molecular weight is 409 g/mol. The molecule has 8 nitrogen and oxygen atoms in total. The molecule has 154 valence electrons. The van der Waals surface area contributed by atoms with Crippen LogP contribution in [0.25, 0.3) is 0 Å². The fourth-order valence-electron chi connectivity index (χ4n) is 2.44. The van der Waals surface area contributed by atoms with E-state index in [1.807, 2.05) is 19.1 Å². The maximum atomic E-state index is 11.3. The van der Waals surface area contributed by atoms with Crippen molar-refractivity contribution in [3.63, 3.8) is 0 Å².